The second kappa shape index (κ2) is 9.03. The maximum Gasteiger partial charge on any atom is 0.318 e. The van der Waals surface area contributed by atoms with E-state index in [-0.39, 0.29) is 18.0 Å². The largest absolute Gasteiger partial charge is 0.341 e. The van der Waals surface area contributed by atoms with Gasteiger partial charge in [-0.15, -0.1) is 11.3 Å². The molecule has 0 fully saturated rings. The van der Waals surface area contributed by atoms with Gasteiger partial charge in [-0.05, 0) is 64.1 Å². The minimum atomic E-state index is -0.306. The summed E-state index contributed by atoms with van der Waals surface area (Å²) in [7, 11) is 1.55. The van der Waals surface area contributed by atoms with Crippen LogP contribution in [0.25, 0.3) is 22.3 Å². The number of aryl methyl sites for hydroxylation is 2. The molecule has 33 heavy (non-hydrogen) atoms. The Morgan fingerprint density at radius 3 is 2.27 bits per heavy atom. The van der Waals surface area contributed by atoms with Crippen LogP contribution in [-0.2, 0) is 0 Å². The normalized spacial score (nSPS) is 11.1. The molecule has 3 amide bonds. The summed E-state index contributed by atoms with van der Waals surface area (Å²) in [6.07, 6.45) is 1.70. The van der Waals surface area contributed by atoms with Crippen LogP contribution in [0.2, 0.25) is 0 Å². The SMILES string of the molecule is CNC(=O)Nc1ccc(NC(=O)c2cc(-c3cc(C)sc3C)nc3c2cnn3C(C)C)cc1. The van der Waals surface area contributed by atoms with E-state index in [2.05, 4.69) is 41.0 Å². The van der Waals surface area contributed by atoms with Crippen molar-refractivity contribution in [1.82, 2.24) is 20.1 Å². The van der Waals surface area contributed by atoms with E-state index >= 15 is 0 Å². The zero-order valence-corrected chi connectivity index (χ0v) is 20.0. The maximum absolute atomic E-state index is 13.3. The number of pyridine rings is 1. The first-order valence-electron chi connectivity index (χ1n) is 10.6. The number of anilines is 2. The molecule has 0 aliphatic rings. The smallest absolute Gasteiger partial charge is 0.318 e. The number of carbonyl (C=O) groups excluding carboxylic acids is 2. The third-order valence-electron chi connectivity index (χ3n) is 5.25. The lowest BCUT2D eigenvalue weighted by molar-refractivity contribution is 0.102. The molecule has 0 atom stereocenters. The molecule has 170 valence electrons. The van der Waals surface area contributed by atoms with Gasteiger partial charge in [0.05, 0.1) is 22.8 Å². The van der Waals surface area contributed by atoms with E-state index in [0.717, 1.165) is 16.1 Å². The zero-order valence-electron chi connectivity index (χ0n) is 19.2. The van der Waals surface area contributed by atoms with Crippen LogP contribution in [0.5, 0.6) is 0 Å². The number of rotatable bonds is 5. The Morgan fingerprint density at radius 2 is 1.70 bits per heavy atom. The number of fused-ring (bicyclic) bond motifs is 1. The first-order valence-corrected chi connectivity index (χ1v) is 11.4. The molecule has 1 aromatic carbocycles. The summed E-state index contributed by atoms with van der Waals surface area (Å²) < 4.78 is 1.84. The van der Waals surface area contributed by atoms with E-state index in [1.807, 2.05) is 24.6 Å². The number of hydrogen-bond donors (Lipinski definition) is 3. The highest BCUT2D eigenvalue weighted by Gasteiger charge is 2.20. The van der Waals surface area contributed by atoms with E-state index in [1.54, 1.807) is 48.8 Å². The first kappa shape index (κ1) is 22.5. The summed E-state index contributed by atoms with van der Waals surface area (Å²) in [5.74, 6) is -0.247. The molecule has 0 unspecified atom stereocenters. The Balaban J connectivity index is 1.72. The average molecular weight is 463 g/mol. The van der Waals surface area contributed by atoms with Crippen molar-refractivity contribution in [2.45, 2.75) is 33.7 Å². The van der Waals surface area contributed by atoms with E-state index in [4.69, 9.17) is 4.98 Å². The van der Waals surface area contributed by atoms with Crippen LogP contribution in [0, 0.1) is 13.8 Å². The number of aromatic nitrogens is 3. The van der Waals surface area contributed by atoms with Gasteiger partial charge in [-0.3, -0.25) is 4.79 Å². The molecule has 9 heteroatoms. The first-order chi connectivity index (χ1) is 15.8. The lowest BCUT2D eigenvalue weighted by Gasteiger charge is -2.11. The third-order valence-corrected chi connectivity index (χ3v) is 6.21. The van der Waals surface area contributed by atoms with Crippen molar-refractivity contribution in [3.63, 3.8) is 0 Å². The molecular weight excluding hydrogens is 436 g/mol. The van der Waals surface area contributed by atoms with Crippen molar-refractivity contribution < 1.29 is 9.59 Å². The van der Waals surface area contributed by atoms with Gasteiger partial charge in [0.15, 0.2) is 5.65 Å². The predicted octanol–water partition coefficient (Wildman–Crippen LogP) is 5.36. The minimum absolute atomic E-state index is 0.104. The summed E-state index contributed by atoms with van der Waals surface area (Å²) in [4.78, 5) is 32.0. The maximum atomic E-state index is 13.3. The molecule has 0 aliphatic carbocycles. The summed E-state index contributed by atoms with van der Waals surface area (Å²) in [5, 5.41) is 13.3. The van der Waals surface area contributed by atoms with Crippen molar-refractivity contribution in [3.05, 3.63) is 57.9 Å². The van der Waals surface area contributed by atoms with E-state index in [9.17, 15) is 9.59 Å². The highest BCUT2D eigenvalue weighted by molar-refractivity contribution is 7.12. The van der Waals surface area contributed by atoms with Crippen molar-refractivity contribution in [3.8, 4) is 11.3 Å². The van der Waals surface area contributed by atoms with Crippen LogP contribution in [0.3, 0.4) is 0 Å². The van der Waals surface area contributed by atoms with Crippen LogP contribution >= 0.6 is 11.3 Å². The second-order valence-electron chi connectivity index (χ2n) is 8.04. The molecule has 0 saturated carbocycles. The highest BCUT2D eigenvalue weighted by atomic mass is 32.1. The predicted molar refractivity (Wildman–Crippen MR) is 133 cm³/mol. The van der Waals surface area contributed by atoms with Gasteiger partial charge in [-0.1, -0.05) is 0 Å². The van der Waals surface area contributed by atoms with Crippen molar-refractivity contribution >= 4 is 45.7 Å². The van der Waals surface area contributed by atoms with Gasteiger partial charge in [0.2, 0.25) is 0 Å². The third kappa shape index (κ3) is 4.58. The highest BCUT2D eigenvalue weighted by Crippen LogP contribution is 2.32. The fraction of sp³-hybridized carbons (Fsp3) is 0.250. The molecule has 3 aromatic heterocycles. The van der Waals surface area contributed by atoms with Crippen LogP contribution in [0.15, 0.2) is 42.6 Å². The number of nitrogens with zero attached hydrogens (tertiary/aromatic N) is 3. The number of amides is 3. The second-order valence-corrected chi connectivity index (χ2v) is 9.50. The lowest BCUT2D eigenvalue weighted by atomic mass is 10.1. The Kier molecular flexibility index (Phi) is 6.15. The number of benzene rings is 1. The molecule has 0 spiro atoms. The van der Waals surface area contributed by atoms with Crippen molar-refractivity contribution in [2.75, 3.05) is 17.7 Å². The number of thiophene rings is 1. The summed E-state index contributed by atoms with van der Waals surface area (Å²) >= 11 is 1.71. The molecule has 0 saturated heterocycles. The Hall–Kier alpha value is -3.72. The molecule has 0 bridgehead atoms. The fourth-order valence-electron chi connectivity index (χ4n) is 3.64. The summed E-state index contributed by atoms with van der Waals surface area (Å²) in [5.41, 5.74) is 4.21. The molecular formula is C24H26N6O2S. The summed E-state index contributed by atoms with van der Waals surface area (Å²) in [6.45, 7) is 8.20. The van der Waals surface area contributed by atoms with Gasteiger partial charge in [0, 0.05) is 39.8 Å². The fourth-order valence-corrected chi connectivity index (χ4v) is 4.57. The average Bonchev–Trinajstić information content (AvgIpc) is 3.36. The van der Waals surface area contributed by atoms with Gasteiger partial charge in [-0.25, -0.2) is 14.5 Å². The number of nitrogens with one attached hydrogen (secondary N) is 3. The quantitative estimate of drug-likeness (QED) is 0.372. The van der Waals surface area contributed by atoms with Gasteiger partial charge in [0.25, 0.3) is 5.91 Å². The van der Waals surface area contributed by atoms with Crippen LogP contribution in [0.4, 0.5) is 16.2 Å². The van der Waals surface area contributed by atoms with E-state index in [0.29, 0.717) is 28.0 Å². The topological polar surface area (TPSA) is 101 Å². The minimum Gasteiger partial charge on any atom is -0.341 e. The van der Waals surface area contributed by atoms with Gasteiger partial charge < -0.3 is 16.0 Å². The standard InChI is InChI=1S/C24H26N6O2S/c1-13(2)30-22-20(12-26-30)19(11-21(29-22)18-10-14(3)33-15(18)4)23(31)27-16-6-8-17(9-7-16)28-24(32)25-5/h6-13H,1-5H3,(H,27,31)(H2,25,28,32). The van der Waals surface area contributed by atoms with Gasteiger partial charge in [0.1, 0.15) is 0 Å². The van der Waals surface area contributed by atoms with E-state index in [1.165, 1.54) is 4.88 Å². The van der Waals surface area contributed by atoms with Crippen LogP contribution < -0.4 is 16.0 Å². The van der Waals surface area contributed by atoms with Crippen molar-refractivity contribution in [2.24, 2.45) is 0 Å². The van der Waals surface area contributed by atoms with Gasteiger partial charge in [-0.2, -0.15) is 5.10 Å². The van der Waals surface area contributed by atoms with Gasteiger partial charge >= 0.3 is 6.03 Å². The number of carbonyl (C=O) groups is 2. The molecule has 0 radical (unpaired) electrons. The molecule has 3 heterocycles. The Labute approximate surface area is 196 Å². The van der Waals surface area contributed by atoms with Crippen LogP contribution in [0.1, 0.15) is 40.0 Å². The molecule has 3 N–H and O–H groups in total. The lowest BCUT2D eigenvalue weighted by Crippen LogP contribution is -2.24. The van der Waals surface area contributed by atoms with Crippen LogP contribution in [-0.4, -0.2) is 33.8 Å². The Bertz CT molecular complexity index is 1340. The number of urea groups is 1. The number of hydrogen-bond acceptors (Lipinski definition) is 5. The molecule has 8 nitrogen and oxygen atoms in total. The summed E-state index contributed by atoms with van der Waals surface area (Å²) in [6, 6.07) is 10.7. The monoisotopic (exact) mass is 462 g/mol. The zero-order chi connectivity index (χ0) is 23.7. The molecule has 4 rings (SSSR count). The Morgan fingerprint density at radius 1 is 1.03 bits per heavy atom. The molecule has 0 aliphatic heterocycles. The van der Waals surface area contributed by atoms with Crippen molar-refractivity contribution in [1.29, 1.82) is 0 Å². The van der Waals surface area contributed by atoms with E-state index < -0.39 is 0 Å². The molecule has 4 aromatic rings.